The van der Waals surface area contributed by atoms with Gasteiger partial charge in [-0.15, -0.1) is 0 Å². The van der Waals surface area contributed by atoms with Gasteiger partial charge < -0.3 is 19.0 Å². The molecule has 0 aliphatic carbocycles. The highest BCUT2D eigenvalue weighted by atomic mass is 35.5. The van der Waals surface area contributed by atoms with Crippen LogP contribution < -0.4 is 4.74 Å². The van der Waals surface area contributed by atoms with Crippen LogP contribution in [-0.4, -0.2) is 45.3 Å². The van der Waals surface area contributed by atoms with Gasteiger partial charge in [-0.2, -0.15) is 0 Å². The quantitative estimate of drug-likeness (QED) is 0.425. The van der Waals surface area contributed by atoms with E-state index in [1.807, 2.05) is 60.2 Å². The maximum absolute atomic E-state index is 12.8. The molecule has 2 aromatic heterocycles. The van der Waals surface area contributed by atoms with E-state index in [0.29, 0.717) is 24.8 Å². The Hall–Kier alpha value is -3.45. The molecule has 33 heavy (non-hydrogen) atoms. The number of aromatic nitrogens is 3. The van der Waals surface area contributed by atoms with E-state index in [2.05, 4.69) is 9.97 Å². The van der Waals surface area contributed by atoms with Crippen LogP contribution in [0.1, 0.15) is 29.8 Å². The maximum Gasteiger partial charge on any atom is 0.410 e. The molecule has 170 valence electrons. The average molecular weight is 465 g/mol. The number of carbonyl (C=O) groups excluding carboxylic acids is 1. The lowest BCUT2D eigenvalue weighted by Gasteiger charge is -2.35. The molecular weight excluding hydrogens is 440 g/mol. The van der Waals surface area contributed by atoms with E-state index in [4.69, 9.17) is 21.1 Å². The molecule has 3 heterocycles. The van der Waals surface area contributed by atoms with Gasteiger partial charge >= 0.3 is 6.09 Å². The molecule has 8 heteroatoms. The van der Waals surface area contributed by atoms with Crippen LogP contribution in [-0.2, 0) is 17.7 Å². The predicted octanol–water partition coefficient (Wildman–Crippen LogP) is 5.20. The van der Waals surface area contributed by atoms with Crippen molar-refractivity contribution in [1.82, 2.24) is 19.4 Å². The first-order valence-electron chi connectivity index (χ1n) is 11.1. The lowest BCUT2D eigenvalue weighted by molar-refractivity contribution is 0.0932. The zero-order valence-corrected chi connectivity index (χ0v) is 19.1. The predicted molar refractivity (Wildman–Crippen MR) is 127 cm³/mol. The number of amides is 1. The van der Waals surface area contributed by atoms with Crippen molar-refractivity contribution in [3.8, 4) is 5.75 Å². The molecule has 5 rings (SSSR count). The van der Waals surface area contributed by atoms with Crippen LogP contribution in [0.25, 0.3) is 10.9 Å². The van der Waals surface area contributed by atoms with Crippen molar-refractivity contribution >= 4 is 28.6 Å². The summed E-state index contributed by atoms with van der Waals surface area (Å²) in [5, 5.41) is 1.80. The van der Waals surface area contributed by atoms with Gasteiger partial charge in [0.1, 0.15) is 18.4 Å². The van der Waals surface area contributed by atoms with E-state index < -0.39 is 0 Å². The summed E-state index contributed by atoms with van der Waals surface area (Å²) >= 11 is 6.27. The highest BCUT2D eigenvalue weighted by Gasteiger charge is 2.35. The zero-order chi connectivity index (χ0) is 22.8. The number of halogens is 1. The van der Waals surface area contributed by atoms with Gasteiger partial charge in [0.2, 0.25) is 0 Å². The first-order valence-corrected chi connectivity index (χ1v) is 11.4. The number of imidazole rings is 1. The molecule has 1 unspecified atom stereocenters. The Morgan fingerprint density at radius 1 is 1.24 bits per heavy atom. The summed E-state index contributed by atoms with van der Waals surface area (Å²) in [7, 11) is 0. The Balaban J connectivity index is 1.44. The first kappa shape index (κ1) is 21.4. The standard InChI is InChI=1S/C25H25ClN4O3/c1-2-32-25(31)30-11-9-20-21-15-18(26)5-8-22(21)28-23(20)24(30)17-3-6-19(7-4-17)33-14-13-29-12-10-27-16-29/h3-8,10,12,15-16,24,28H,2,9,11,13-14H2,1H3. The van der Waals surface area contributed by atoms with Gasteiger partial charge in [-0.3, -0.25) is 4.90 Å². The van der Waals surface area contributed by atoms with E-state index in [1.54, 1.807) is 17.4 Å². The monoisotopic (exact) mass is 464 g/mol. The maximum atomic E-state index is 12.8. The third-order valence-corrected chi connectivity index (χ3v) is 6.20. The molecule has 0 radical (unpaired) electrons. The Labute approximate surface area is 196 Å². The van der Waals surface area contributed by atoms with Crippen LogP contribution in [0.4, 0.5) is 4.79 Å². The molecule has 1 N–H and O–H groups in total. The minimum absolute atomic E-state index is 0.279. The van der Waals surface area contributed by atoms with Gasteiger partial charge in [0.05, 0.1) is 19.5 Å². The number of H-pyrrole nitrogens is 1. The minimum Gasteiger partial charge on any atom is -0.492 e. The Morgan fingerprint density at radius 3 is 2.85 bits per heavy atom. The SMILES string of the molecule is CCOC(=O)N1CCc2c([nH]c3ccc(Cl)cc23)C1c1ccc(OCCn2ccnc2)cc1. The second kappa shape index (κ2) is 9.19. The number of benzene rings is 2. The summed E-state index contributed by atoms with van der Waals surface area (Å²) < 4.78 is 13.2. The number of hydrogen-bond donors (Lipinski definition) is 1. The normalized spacial score (nSPS) is 15.5. The number of hydrogen-bond acceptors (Lipinski definition) is 4. The van der Waals surface area contributed by atoms with Gasteiger partial charge in [0, 0.05) is 40.6 Å². The largest absolute Gasteiger partial charge is 0.492 e. The van der Waals surface area contributed by atoms with Crippen LogP contribution in [0.15, 0.2) is 61.2 Å². The number of fused-ring (bicyclic) bond motifs is 3. The molecule has 7 nitrogen and oxygen atoms in total. The topological polar surface area (TPSA) is 72.4 Å². The number of nitrogens with one attached hydrogen (secondary N) is 1. The molecule has 0 saturated carbocycles. The van der Waals surface area contributed by atoms with E-state index in [0.717, 1.165) is 40.9 Å². The van der Waals surface area contributed by atoms with Gasteiger partial charge in [0.25, 0.3) is 0 Å². The van der Waals surface area contributed by atoms with Crippen molar-refractivity contribution in [2.24, 2.45) is 0 Å². The highest BCUT2D eigenvalue weighted by Crippen LogP contribution is 2.39. The molecular formula is C25H25ClN4O3. The molecule has 4 aromatic rings. The fourth-order valence-corrected chi connectivity index (χ4v) is 4.62. The molecule has 0 spiro atoms. The fraction of sp³-hybridized carbons (Fsp3) is 0.280. The van der Waals surface area contributed by atoms with Crippen molar-refractivity contribution in [2.75, 3.05) is 19.8 Å². The minimum atomic E-state index is -0.314. The summed E-state index contributed by atoms with van der Waals surface area (Å²) in [5.74, 6) is 0.779. The van der Waals surface area contributed by atoms with Gasteiger partial charge in [0.15, 0.2) is 0 Å². The average Bonchev–Trinajstić information content (AvgIpc) is 3.47. The number of nitrogens with zero attached hydrogens (tertiary/aromatic N) is 3. The van der Waals surface area contributed by atoms with Crippen molar-refractivity contribution in [3.05, 3.63) is 83.0 Å². The van der Waals surface area contributed by atoms with Crippen LogP contribution >= 0.6 is 11.6 Å². The fourth-order valence-electron chi connectivity index (χ4n) is 4.44. The van der Waals surface area contributed by atoms with Gasteiger partial charge in [-0.1, -0.05) is 23.7 Å². The second-order valence-electron chi connectivity index (χ2n) is 7.97. The zero-order valence-electron chi connectivity index (χ0n) is 18.3. The molecule has 1 aliphatic heterocycles. The Bertz CT molecular complexity index is 1250. The number of carbonyl (C=O) groups is 1. The number of aromatic amines is 1. The van der Waals surface area contributed by atoms with Crippen molar-refractivity contribution in [3.63, 3.8) is 0 Å². The molecule has 0 bridgehead atoms. The molecule has 0 fully saturated rings. The van der Waals surface area contributed by atoms with Gasteiger partial charge in [-0.05, 0) is 54.8 Å². The Kier molecular flexibility index (Phi) is 5.96. The smallest absolute Gasteiger partial charge is 0.410 e. The summed E-state index contributed by atoms with van der Waals surface area (Å²) in [6.07, 6.45) is 5.85. The second-order valence-corrected chi connectivity index (χ2v) is 8.41. The number of ether oxygens (including phenoxy) is 2. The van der Waals surface area contributed by atoms with Crippen molar-refractivity contribution in [1.29, 1.82) is 0 Å². The number of rotatable bonds is 6. The molecule has 2 aromatic carbocycles. The van der Waals surface area contributed by atoms with E-state index in [9.17, 15) is 4.79 Å². The summed E-state index contributed by atoms with van der Waals surface area (Å²) in [5.41, 5.74) is 4.20. The van der Waals surface area contributed by atoms with E-state index in [1.165, 1.54) is 5.56 Å². The molecule has 0 saturated heterocycles. The molecule has 1 atom stereocenters. The summed E-state index contributed by atoms with van der Waals surface area (Å²) in [4.78, 5) is 22.2. The molecule has 1 amide bonds. The summed E-state index contributed by atoms with van der Waals surface area (Å²) in [6.45, 7) is 3.99. The van der Waals surface area contributed by atoms with Crippen LogP contribution in [0, 0.1) is 0 Å². The summed E-state index contributed by atoms with van der Waals surface area (Å²) in [6, 6.07) is 13.5. The van der Waals surface area contributed by atoms with Crippen LogP contribution in [0.2, 0.25) is 5.02 Å². The Morgan fingerprint density at radius 2 is 2.09 bits per heavy atom. The first-order chi connectivity index (χ1) is 16.1. The van der Waals surface area contributed by atoms with E-state index >= 15 is 0 Å². The van der Waals surface area contributed by atoms with Crippen molar-refractivity contribution < 1.29 is 14.3 Å². The van der Waals surface area contributed by atoms with E-state index in [-0.39, 0.29) is 12.1 Å². The lowest BCUT2D eigenvalue weighted by atomic mass is 9.92. The van der Waals surface area contributed by atoms with Crippen LogP contribution in [0.5, 0.6) is 5.75 Å². The van der Waals surface area contributed by atoms with Crippen LogP contribution in [0.3, 0.4) is 0 Å². The lowest BCUT2D eigenvalue weighted by Crippen LogP contribution is -2.40. The third kappa shape index (κ3) is 4.28. The van der Waals surface area contributed by atoms with Crippen molar-refractivity contribution in [2.45, 2.75) is 25.9 Å². The molecule has 1 aliphatic rings. The third-order valence-electron chi connectivity index (χ3n) is 5.96. The highest BCUT2D eigenvalue weighted by molar-refractivity contribution is 6.31. The van der Waals surface area contributed by atoms with Gasteiger partial charge in [-0.25, -0.2) is 9.78 Å².